The van der Waals surface area contributed by atoms with Gasteiger partial charge in [-0.05, 0) is 23.4 Å². The predicted molar refractivity (Wildman–Crippen MR) is 63.5 cm³/mol. The molecule has 12 heavy (non-hydrogen) atoms. The molecule has 1 aromatic carbocycles. The van der Waals surface area contributed by atoms with Crippen LogP contribution in [0.5, 0.6) is 0 Å². The second-order valence-electron chi connectivity index (χ2n) is 2.41. The third-order valence-electron chi connectivity index (χ3n) is 1.64. The first-order valence-corrected chi connectivity index (χ1v) is 7.06. The number of hydrogen-bond acceptors (Lipinski definition) is 1. The molecule has 0 aliphatic carbocycles. The van der Waals surface area contributed by atoms with Crippen molar-refractivity contribution in [3.63, 3.8) is 0 Å². The first kappa shape index (κ1) is 10.6. The SMILES string of the molecule is CSc1ccc(CBr)cc1CBr. The molecule has 3 heteroatoms. The van der Waals surface area contributed by atoms with E-state index in [2.05, 4.69) is 56.3 Å². The van der Waals surface area contributed by atoms with Crippen molar-refractivity contribution in [3.8, 4) is 0 Å². The van der Waals surface area contributed by atoms with Crippen LogP contribution in [-0.2, 0) is 10.7 Å². The molecule has 0 radical (unpaired) electrons. The van der Waals surface area contributed by atoms with Gasteiger partial charge in [0.2, 0.25) is 0 Å². The van der Waals surface area contributed by atoms with Crippen LogP contribution in [0.1, 0.15) is 11.1 Å². The van der Waals surface area contributed by atoms with E-state index >= 15 is 0 Å². The second-order valence-corrected chi connectivity index (χ2v) is 4.38. The number of halogens is 2. The fourth-order valence-electron chi connectivity index (χ4n) is 1.02. The standard InChI is InChI=1S/C9H10Br2S/c1-12-9-3-2-7(5-10)4-8(9)6-11/h2-4H,5-6H2,1H3. The van der Waals surface area contributed by atoms with Crippen LogP contribution in [0.2, 0.25) is 0 Å². The molecule has 0 fully saturated rings. The van der Waals surface area contributed by atoms with Crippen LogP contribution in [0, 0.1) is 0 Å². The lowest BCUT2D eigenvalue weighted by Gasteiger charge is -2.05. The van der Waals surface area contributed by atoms with Crippen molar-refractivity contribution < 1.29 is 0 Å². The number of thioether (sulfide) groups is 1. The summed E-state index contributed by atoms with van der Waals surface area (Å²) in [5.74, 6) is 0. The maximum absolute atomic E-state index is 3.48. The summed E-state index contributed by atoms with van der Waals surface area (Å²) in [5, 5.41) is 1.87. The van der Waals surface area contributed by atoms with Crippen molar-refractivity contribution in [2.75, 3.05) is 6.26 Å². The van der Waals surface area contributed by atoms with E-state index in [9.17, 15) is 0 Å². The molecule has 1 rings (SSSR count). The molecule has 1 aromatic rings. The van der Waals surface area contributed by atoms with Crippen LogP contribution < -0.4 is 0 Å². The maximum atomic E-state index is 3.48. The third-order valence-corrected chi connectivity index (χ3v) is 3.73. The topological polar surface area (TPSA) is 0 Å². The molecular weight excluding hydrogens is 300 g/mol. The molecule has 0 N–H and O–H groups in total. The van der Waals surface area contributed by atoms with Crippen LogP contribution in [-0.4, -0.2) is 6.26 Å². The Morgan fingerprint density at radius 1 is 1.25 bits per heavy atom. The minimum atomic E-state index is 0.932. The van der Waals surface area contributed by atoms with Gasteiger partial charge in [-0.15, -0.1) is 11.8 Å². The molecular formula is C9H10Br2S. The van der Waals surface area contributed by atoms with E-state index < -0.39 is 0 Å². The number of benzene rings is 1. The van der Waals surface area contributed by atoms with E-state index in [0.29, 0.717) is 0 Å². The fourth-order valence-corrected chi connectivity index (χ4v) is 2.62. The highest BCUT2D eigenvalue weighted by atomic mass is 79.9. The van der Waals surface area contributed by atoms with Crippen molar-refractivity contribution in [1.29, 1.82) is 0 Å². The zero-order valence-corrected chi connectivity index (χ0v) is 10.8. The van der Waals surface area contributed by atoms with E-state index in [1.807, 2.05) is 0 Å². The summed E-state index contributed by atoms with van der Waals surface area (Å²) >= 11 is 8.72. The first-order chi connectivity index (χ1) is 5.81. The minimum Gasteiger partial charge on any atom is -0.129 e. The predicted octanol–water partition coefficient (Wildman–Crippen LogP) is 4.20. The molecule has 0 spiro atoms. The molecule has 0 unspecified atom stereocenters. The Balaban J connectivity index is 3.02. The number of alkyl halides is 2. The van der Waals surface area contributed by atoms with Gasteiger partial charge in [0, 0.05) is 15.6 Å². The largest absolute Gasteiger partial charge is 0.129 e. The van der Waals surface area contributed by atoms with Crippen LogP contribution in [0.4, 0.5) is 0 Å². The summed E-state index contributed by atoms with van der Waals surface area (Å²) < 4.78 is 0. The molecule has 66 valence electrons. The van der Waals surface area contributed by atoms with Crippen molar-refractivity contribution in [2.45, 2.75) is 15.6 Å². The van der Waals surface area contributed by atoms with Gasteiger partial charge in [0.1, 0.15) is 0 Å². The molecule has 0 atom stereocenters. The summed E-state index contributed by atoms with van der Waals surface area (Å²) in [5.41, 5.74) is 2.71. The van der Waals surface area contributed by atoms with Gasteiger partial charge in [0.05, 0.1) is 0 Å². The Kier molecular flexibility index (Phi) is 4.69. The van der Waals surface area contributed by atoms with Crippen molar-refractivity contribution in [2.24, 2.45) is 0 Å². The van der Waals surface area contributed by atoms with Crippen LogP contribution in [0.3, 0.4) is 0 Å². The van der Waals surface area contributed by atoms with Gasteiger partial charge in [-0.1, -0.05) is 44.0 Å². The van der Waals surface area contributed by atoms with Crippen LogP contribution >= 0.6 is 43.6 Å². The van der Waals surface area contributed by atoms with Gasteiger partial charge in [-0.2, -0.15) is 0 Å². The quantitative estimate of drug-likeness (QED) is 0.596. The fraction of sp³-hybridized carbons (Fsp3) is 0.333. The van der Waals surface area contributed by atoms with E-state index in [0.717, 1.165) is 10.7 Å². The molecule has 0 saturated carbocycles. The second kappa shape index (κ2) is 5.30. The summed E-state index contributed by atoms with van der Waals surface area (Å²) in [4.78, 5) is 1.36. The highest BCUT2D eigenvalue weighted by molar-refractivity contribution is 9.08. The Morgan fingerprint density at radius 2 is 2.00 bits per heavy atom. The van der Waals surface area contributed by atoms with Gasteiger partial charge >= 0.3 is 0 Å². The molecule has 0 saturated heterocycles. The summed E-state index contributed by atoms with van der Waals surface area (Å²) in [6.45, 7) is 0. The monoisotopic (exact) mass is 308 g/mol. The maximum Gasteiger partial charge on any atom is 0.0294 e. The van der Waals surface area contributed by atoms with Crippen molar-refractivity contribution in [1.82, 2.24) is 0 Å². The zero-order valence-electron chi connectivity index (χ0n) is 6.81. The highest BCUT2D eigenvalue weighted by Crippen LogP contribution is 2.24. The van der Waals surface area contributed by atoms with E-state index in [4.69, 9.17) is 0 Å². The highest BCUT2D eigenvalue weighted by Gasteiger charge is 2.00. The summed E-state index contributed by atoms with van der Waals surface area (Å²) in [6.07, 6.45) is 2.11. The summed E-state index contributed by atoms with van der Waals surface area (Å²) in [7, 11) is 0. The van der Waals surface area contributed by atoms with E-state index in [1.165, 1.54) is 16.0 Å². The van der Waals surface area contributed by atoms with Gasteiger partial charge < -0.3 is 0 Å². The molecule has 0 aromatic heterocycles. The van der Waals surface area contributed by atoms with E-state index in [1.54, 1.807) is 11.8 Å². The van der Waals surface area contributed by atoms with Crippen LogP contribution in [0.25, 0.3) is 0 Å². The van der Waals surface area contributed by atoms with Gasteiger partial charge in [-0.25, -0.2) is 0 Å². The molecule has 0 bridgehead atoms. The molecule has 0 nitrogen and oxygen atoms in total. The molecule has 0 heterocycles. The normalized spacial score (nSPS) is 10.2. The van der Waals surface area contributed by atoms with Gasteiger partial charge in [0.15, 0.2) is 0 Å². The lowest BCUT2D eigenvalue weighted by Crippen LogP contribution is -1.85. The zero-order chi connectivity index (χ0) is 8.97. The minimum absolute atomic E-state index is 0.932. The Hall–Kier alpha value is 0.530. The van der Waals surface area contributed by atoms with Crippen molar-refractivity contribution in [3.05, 3.63) is 29.3 Å². The Bertz CT molecular complexity index is 261. The van der Waals surface area contributed by atoms with Crippen LogP contribution in [0.15, 0.2) is 23.1 Å². The molecule has 0 aliphatic heterocycles. The van der Waals surface area contributed by atoms with E-state index in [-0.39, 0.29) is 0 Å². The molecule has 0 aliphatic rings. The first-order valence-electron chi connectivity index (χ1n) is 3.59. The summed E-state index contributed by atoms with van der Waals surface area (Å²) in [6, 6.07) is 6.57. The Morgan fingerprint density at radius 3 is 2.50 bits per heavy atom. The lowest BCUT2D eigenvalue weighted by atomic mass is 10.2. The lowest BCUT2D eigenvalue weighted by molar-refractivity contribution is 1.24. The third kappa shape index (κ3) is 2.51. The average molecular weight is 310 g/mol. The van der Waals surface area contributed by atoms with Gasteiger partial charge in [0.25, 0.3) is 0 Å². The number of rotatable bonds is 3. The molecule has 0 amide bonds. The number of hydrogen-bond donors (Lipinski definition) is 0. The average Bonchev–Trinajstić information content (AvgIpc) is 2.16. The Labute approximate surface area is 94.4 Å². The van der Waals surface area contributed by atoms with Gasteiger partial charge in [-0.3, -0.25) is 0 Å². The smallest absolute Gasteiger partial charge is 0.0294 e. The van der Waals surface area contributed by atoms with Crippen molar-refractivity contribution >= 4 is 43.6 Å².